The van der Waals surface area contributed by atoms with Gasteiger partial charge >= 0.3 is 0 Å². The normalized spacial score (nSPS) is 10.1. The molecular weight excluding hydrogens is 265 g/mol. The molecule has 20 heavy (non-hydrogen) atoms. The standard InChI is InChI=1S/C13H12FN3O3/c1-20-13-4-2-3-9(16-13)8-15-12-7-10(17(18)19)5-6-11(12)14/h2-7,15H,8H2,1H3. The SMILES string of the molecule is COc1cccc(CNc2cc([N+](=O)[O-])ccc2F)n1. The van der Waals surface area contributed by atoms with E-state index in [9.17, 15) is 14.5 Å². The second-order valence-corrected chi connectivity index (χ2v) is 3.95. The molecule has 0 amide bonds. The van der Waals surface area contributed by atoms with Crippen molar-refractivity contribution in [2.24, 2.45) is 0 Å². The lowest BCUT2D eigenvalue weighted by atomic mass is 10.2. The average Bonchev–Trinajstić information content (AvgIpc) is 2.46. The van der Waals surface area contributed by atoms with E-state index in [0.29, 0.717) is 11.6 Å². The predicted molar refractivity (Wildman–Crippen MR) is 71.2 cm³/mol. The molecule has 2 aromatic rings. The van der Waals surface area contributed by atoms with Gasteiger partial charge in [0.05, 0.1) is 30.0 Å². The Labute approximate surface area is 114 Å². The number of aromatic nitrogens is 1. The van der Waals surface area contributed by atoms with Crippen molar-refractivity contribution in [3.05, 3.63) is 58.0 Å². The van der Waals surface area contributed by atoms with Gasteiger partial charge in [-0.3, -0.25) is 10.1 Å². The molecule has 0 bridgehead atoms. The Morgan fingerprint density at radius 3 is 2.90 bits per heavy atom. The lowest BCUT2D eigenvalue weighted by molar-refractivity contribution is -0.384. The summed E-state index contributed by atoms with van der Waals surface area (Å²) in [7, 11) is 1.50. The topological polar surface area (TPSA) is 77.3 Å². The highest BCUT2D eigenvalue weighted by Gasteiger charge is 2.10. The highest BCUT2D eigenvalue weighted by molar-refractivity contribution is 5.52. The molecule has 1 heterocycles. The first-order valence-corrected chi connectivity index (χ1v) is 5.78. The highest BCUT2D eigenvalue weighted by Crippen LogP contribution is 2.21. The maximum atomic E-state index is 13.6. The van der Waals surface area contributed by atoms with E-state index in [1.54, 1.807) is 18.2 Å². The summed E-state index contributed by atoms with van der Waals surface area (Å²) >= 11 is 0. The van der Waals surface area contributed by atoms with Gasteiger partial charge in [-0.1, -0.05) is 6.07 Å². The molecule has 6 nitrogen and oxygen atoms in total. The number of nitro groups is 1. The minimum atomic E-state index is -0.575. The first-order valence-electron chi connectivity index (χ1n) is 5.78. The zero-order valence-corrected chi connectivity index (χ0v) is 10.7. The van der Waals surface area contributed by atoms with E-state index in [1.807, 2.05) is 0 Å². The molecule has 104 valence electrons. The van der Waals surface area contributed by atoms with E-state index in [2.05, 4.69) is 10.3 Å². The van der Waals surface area contributed by atoms with Crippen molar-refractivity contribution in [1.82, 2.24) is 4.98 Å². The summed E-state index contributed by atoms with van der Waals surface area (Å²) in [5.41, 5.74) is 0.520. The Bertz CT molecular complexity index is 634. The van der Waals surface area contributed by atoms with E-state index in [-0.39, 0.29) is 17.9 Å². The lowest BCUT2D eigenvalue weighted by Crippen LogP contribution is -2.04. The molecule has 0 spiro atoms. The van der Waals surface area contributed by atoms with E-state index < -0.39 is 10.7 Å². The van der Waals surface area contributed by atoms with Crippen LogP contribution >= 0.6 is 0 Å². The third-order valence-corrected chi connectivity index (χ3v) is 2.61. The third-order valence-electron chi connectivity index (χ3n) is 2.61. The zero-order chi connectivity index (χ0) is 14.5. The van der Waals surface area contributed by atoms with Crippen molar-refractivity contribution >= 4 is 11.4 Å². The van der Waals surface area contributed by atoms with Crippen LogP contribution in [0.5, 0.6) is 5.88 Å². The van der Waals surface area contributed by atoms with Crippen LogP contribution in [0.25, 0.3) is 0 Å². The van der Waals surface area contributed by atoms with Crippen molar-refractivity contribution in [3.8, 4) is 5.88 Å². The van der Waals surface area contributed by atoms with Crippen LogP contribution in [0.4, 0.5) is 15.8 Å². The summed E-state index contributed by atoms with van der Waals surface area (Å²) in [6.07, 6.45) is 0. The van der Waals surface area contributed by atoms with Gasteiger partial charge in [-0.15, -0.1) is 0 Å². The van der Waals surface area contributed by atoms with Crippen LogP contribution in [-0.4, -0.2) is 17.0 Å². The van der Waals surface area contributed by atoms with Gasteiger partial charge in [0, 0.05) is 18.2 Å². The molecule has 1 aromatic carbocycles. The summed E-state index contributed by atoms with van der Waals surface area (Å²) in [5.74, 6) is -0.109. The van der Waals surface area contributed by atoms with Crippen LogP contribution in [0.1, 0.15) is 5.69 Å². The third kappa shape index (κ3) is 3.19. The number of rotatable bonds is 5. The summed E-state index contributed by atoms with van der Waals surface area (Å²) < 4.78 is 18.5. The van der Waals surface area contributed by atoms with Crippen molar-refractivity contribution in [3.63, 3.8) is 0 Å². The van der Waals surface area contributed by atoms with Crippen molar-refractivity contribution in [2.75, 3.05) is 12.4 Å². The fraction of sp³-hybridized carbons (Fsp3) is 0.154. The lowest BCUT2D eigenvalue weighted by Gasteiger charge is -2.08. The summed E-state index contributed by atoms with van der Waals surface area (Å²) in [4.78, 5) is 14.2. The first kappa shape index (κ1) is 13.7. The summed E-state index contributed by atoms with van der Waals surface area (Å²) in [5, 5.41) is 13.4. The molecule has 0 atom stereocenters. The summed E-state index contributed by atoms with van der Waals surface area (Å²) in [6.45, 7) is 0.231. The van der Waals surface area contributed by atoms with Gasteiger partial charge in [0.2, 0.25) is 5.88 Å². The molecule has 0 fully saturated rings. The maximum absolute atomic E-state index is 13.6. The van der Waals surface area contributed by atoms with Crippen molar-refractivity contribution < 1.29 is 14.1 Å². The fourth-order valence-corrected chi connectivity index (χ4v) is 1.62. The van der Waals surface area contributed by atoms with E-state index >= 15 is 0 Å². The molecule has 0 saturated heterocycles. The zero-order valence-electron chi connectivity index (χ0n) is 10.7. The van der Waals surface area contributed by atoms with Gasteiger partial charge in [0.1, 0.15) is 5.82 Å². The first-order chi connectivity index (χ1) is 9.60. The van der Waals surface area contributed by atoms with Crippen LogP contribution in [0, 0.1) is 15.9 Å². The smallest absolute Gasteiger partial charge is 0.271 e. The van der Waals surface area contributed by atoms with Crippen molar-refractivity contribution in [2.45, 2.75) is 6.54 Å². The number of halogens is 1. The number of ether oxygens (including phenoxy) is 1. The maximum Gasteiger partial charge on any atom is 0.271 e. The van der Waals surface area contributed by atoms with Gasteiger partial charge in [0.25, 0.3) is 5.69 Å². The molecule has 2 rings (SSSR count). The Morgan fingerprint density at radius 2 is 2.20 bits per heavy atom. The van der Waals surface area contributed by atoms with Crippen LogP contribution in [0.2, 0.25) is 0 Å². The number of nitrogens with zero attached hydrogens (tertiary/aromatic N) is 2. The number of methoxy groups -OCH3 is 1. The van der Waals surface area contributed by atoms with Gasteiger partial charge in [-0.2, -0.15) is 0 Å². The Kier molecular flexibility index (Phi) is 4.09. The minimum Gasteiger partial charge on any atom is -0.481 e. The van der Waals surface area contributed by atoms with Crippen LogP contribution in [-0.2, 0) is 6.54 Å². The predicted octanol–water partition coefficient (Wildman–Crippen LogP) is 2.75. The number of hydrogen-bond acceptors (Lipinski definition) is 5. The molecule has 0 aliphatic carbocycles. The van der Waals surface area contributed by atoms with Gasteiger partial charge in [-0.05, 0) is 12.1 Å². The largest absolute Gasteiger partial charge is 0.481 e. The molecule has 0 unspecified atom stereocenters. The molecule has 0 aliphatic heterocycles. The van der Waals surface area contributed by atoms with Crippen LogP contribution in [0.15, 0.2) is 36.4 Å². The van der Waals surface area contributed by atoms with Gasteiger partial charge < -0.3 is 10.1 Å². The molecule has 0 aliphatic rings. The van der Waals surface area contributed by atoms with Gasteiger partial charge in [-0.25, -0.2) is 9.37 Å². The number of non-ortho nitro benzene ring substituents is 1. The number of anilines is 1. The van der Waals surface area contributed by atoms with Crippen LogP contribution in [0.3, 0.4) is 0 Å². The quantitative estimate of drug-likeness (QED) is 0.671. The fourth-order valence-electron chi connectivity index (χ4n) is 1.62. The number of nitro benzene ring substituents is 1. The number of pyridine rings is 1. The van der Waals surface area contributed by atoms with Crippen molar-refractivity contribution in [1.29, 1.82) is 0 Å². The number of benzene rings is 1. The Balaban J connectivity index is 2.13. The molecule has 0 saturated carbocycles. The molecule has 7 heteroatoms. The minimum absolute atomic E-state index is 0.0591. The second-order valence-electron chi connectivity index (χ2n) is 3.95. The van der Waals surface area contributed by atoms with E-state index in [4.69, 9.17) is 4.74 Å². The Hall–Kier alpha value is -2.70. The summed E-state index contributed by atoms with van der Waals surface area (Å²) in [6, 6.07) is 8.51. The monoisotopic (exact) mass is 277 g/mol. The molecule has 0 radical (unpaired) electrons. The number of nitrogens with one attached hydrogen (secondary N) is 1. The van der Waals surface area contributed by atoms with E-state index in [1.165, 1.54) is 7.11 Å². The number of hydrogen-bond donors (Lipinski definition) is 1. The molecular formula is C13H12FN3O3. The molecule has 1 aromatic heterocycles. The van der Waals surface area contributed by atoms with Gasteiger partial charge in [0.15, 0.2) is 0 Å². The Morgan fingerprint density at radius 1 is 1.40 bits per heavy atom. The average molecular weight is 277 g/mol. The molecule has 1 N–H and O–H groups in total. The van der Waals surface area contributed by atoms with E-state index in [0.717, 1.165) is 18.2 Å². The highest BCUT2D eigenvalue weighted by atomic mass is 19.1. The van der Waals surface area contributed by atoms with Crippen LogP contribution < -0.4 is 10.1 Å². The second kappa shape index (κ2) is 5.96.